The van der Waals surface area contributed by atoms with Gasteiger partial charge in [0.2, 0.25) is 11.8 Å². The molecule has 1 aliphatic heterocycles. The normalized spacial score (nSPS) is 16.9. The Labute approximate surface area is 132 Å². The van der Waals surface area contributed by atoms with Crippen LogP contribution in [0.1, 0.15) is 37.8 Å². The molecular formula is C16H17FN4O2. The summed E-state index contributed by atoms with van der Waals surface area (Å²) in [6.07, 6.45) is 1.63. The van der Waals surface area contributed by atoms with Crippen molar-refractivity contribution in [1.82, 2.24) is 9.78 Å². The van der Waals surface area contributed by atoms with Crippen molar-refractivity contribution in [3.63, 3.8) is 0 Å². The van der Waals surface area contributed by atoms with Crippen molar-refractivity contribution in [3.8, 4) is 0 Å². The van der Waals surface area contributed by atoms with Gasteiger partial charge in [0.25, 0.3) is 0 Å². The number of anilines is 2. The molecule has 2 aromatic rings. The van der Waals surface area contributed by atoms with Gasteiger partial charge in [0.05, 0.1) is 12.1 Å². The average molecular weight is 316 g/mol. The van der Waals surface area contributed by atoms with Crippen LogP contribution in [-0.4, -0.2) is 21.6 Å². The SMILES string of the molecule is CC(C)n1nccc1NC(=O)C1CC(=O)Nc2cc(F)ccc21. The van der Waals surface area contributed by atoms with Gasteiger partial charge in [-0.3, -0.25) is 9.59 Å². The summed E-state index contributed by atoms with van der Waals surface area (Å²) in [6.45, 7) is 3.91. The Hall–Kier alpha value is -2.70. The van der Waals surface area contributed by atoms with Crippen molar-refractivity contribution in [2.75, 3.05) is 10.6 Å². The van der Waals surface area contributed by atoms with E-state index in [0.29, 0.717) is 17.1 Å². The number of hydrogen-bond donors (Lipinski definition) is 2. The van der Waals surface area contributed by atoms with Crippen molar-refractivity contribution >= 4 is 23.3 Å². The number of carbonyl (C=O) groups excluding carboxylic acids is 2. The van der Waals surface area contributed by atoms with E-state index in [1.54, 1.807) is 16.9 Å². The second kappa shape index (κ2) is 5.83. The first-order valence-corrected chi connectivity index (χ1v) is 7.39. The number of amides is 2. The zero-order chi connectivity index (χ0) is 16.6. The molecule has 1 atom stereocenters. The second-order valence-corrected chi connectivity index (χ2v) is 5.78. The molecule has 0 bridgehead atoms. The predicted octanol–water partition coefficient (Wildman–Crippen LogP) is 2.67. The Balaban J connectivity index is 1.88. The van der Waals surface area contributed by atoms with Crippen molar-refractivity contribution in [2.45, 2.75) is 32.2 Å². The minimum Gasteiger partial charge on any atom is -0.326 e. The van der Waals surface area contributed by atoms with Crippen LogP contribution in [0.2, 0.25) is 0 Å². The van der Waals surface area contributed by atoms with E-state index in [-0.39, 0.29) is 24.3 Å². The molecule has 1 aliphatic rings. The fourth-order valence-electron chi connectivity index (χ4n) is 2.71. The summed E-state index contributed by atoms with van der Waals surface area (Å²) < 4.78 is 15.0. The van der Waals surface area contributed by atoms with Crippen LogP contribution in [0, 0.1) is 5.82 Å². The van der Waals surface area contributed by atoms with E-state index in [2.05, 4.69) is 15.7 Å². The molecule has 120 valence electrons. The standard InChI is InChI=1S/C16H17FN4O2/c1-9(2)21-14(5-6-18-21)20-16(23)12-8-15(22)19-13-7-10(17)3-4-11(12)13/h3-7,9,12H,8H2,1-2H3,(H,19,22)(H,20,23). The molecule has 0 fully saturated rings. The fourth-order valence-corrected chi connectivity index (χ4v) is 2.71. The predicted molar refractivity (Wildman–Crippen MR) is 83.6 cm³/mol. The molecular weight excluding hydrogens is 299 g/mol. The fraction of sp³-hybridized carbons (Fsp3) is 0.312. The zero-order valence-electron chi connectivity index (χ0n) is 12.8. The Morgan fingerprint density at radius 3 is 2.96 bits per heavy atom. The topological polar surface area (TPSA) is 76.0 Å². The van der Waals surface area contributed by atoms with E-state index in [0.717, 1.165) is 0 Å². The molecule has 0 radical (unpaired) electrons. The molecule has 2 N–H and O–H groups in total. The summed E-state index contributed by atoms with van der Waals surface area (Å²) >= 11 is 0. The van der Waals surface area contributed by atoms with Gasteiger partial charge in [-0.05, 0) is 31.5 Å². The van der Waals surface area contributed by atoms with Gasteiger partial charge in [-0.1, -0.05) is 6.07 Å². The molecule has 2 amide bonds. The molecule has 1 aromatic carbocycles. The van der Waals surface area contributed by atoms with Crippen LogP contribution >= 0.6 is 0 Å². The largest absolute Gasteiger partial charge is 0.326 e. The molecule has 23 heavy (non-hydrogen) atoms. The van der Waals surface area contributed by atoms with Crippen molar-refractivity contribution < 1.29 is 14.0 Å². The minimum atomic E-state index is -0.658. The molecule has 6 nitrogen and oxygen atoms in total. The van der Waals surface area contributed by atoms with Gasteiger partial charge in [-0.15, -0.1) is 0 Å². The van der Waals surface area contributed by atoms with Crippen LogP contribution in [0.3, 0.4) is 0 Å². The first-order valence-electron chi connectivity index (χ1n) is 7.39. The van der Waals surface area contributed by atoms with Gasteiger partial charge in [-0.25, -0.2) is 9.07 Å². The summed E-state index contributed by atoms with van der Waals surface area (Å²) in [7, 11) is 0. The van der Waals surface area contributed by atoms with Gasteiger partial charge >= 0.3 is 0 Å². The third kappa shape index (κ3) is 2.94. The maximum absolute atomic E-state index is 13.3. The highest BCUT2D eigenvalue weighted by molar-refractivity contribution is 6.04. The molecule has 0 spiro atoms. The van der Waals surface area contributed by atoms with Gasteiger partial charge in [-0.2, -0.15) is 5.10 Å². The van der Waals surface area contributed by atoms with E-state index in [1.165, 1.54) is 18.2 Å². The second-order valence-electron chi connectivity index (χ2n) is 5.78. The Bertz CT molecular complexity index is 769. The van der Waals surface area contributed by atoms with Crippen molar-refractivity contribution in [3.05, 3.63) is 41.8 Å². The number of fused-ring (bicyclic) bond motifs is 1. The quantitative estimate of drug-likeness (QED) is 0.914. The monoisotopic (exact) mass is 316 g/mol. The summed E-state index contributed by atoms with van der Waals surface area (Å²) in [5, 5.41) is 9.56. The van der Waals surface area contributed by atoms with E-state index < -0.39 is 11.7 Å². The zero-order valence-corrected chi connectivity index (χ0v) is 12.8. The summed E-state index contributed by atoms with van der Waals surface area (Å²) in [6, 6.07) is 5.84. The number of nitrogens with zero attached hydrogens (tertiary/aromatic N) is 2. The summed E-state index contributed by atoms with van der Waals surface area (Å²) in [5.74, 6) is -1.16. The van der Waals surface area contributed by atoms with Crippen LogP contribution < -0.4 is 10.6 Å². The molecule has 0 aliphatic carbocycles. The minimum absolute atomic E-state index is 0.0281. The maximum Gasteiger partial charge on any atom is 0.233 e. The third-order valence-electron chi connectivity index (χ3n) is 3.78. The first kappa shape index (κ1) is 15.2. The molecule has 7 heteroatoms. The molecule has 0 saturated carbocycles. The van der Waals surface area contributed by atoms with Gasteiger partial charge in [0, 0.05) is 24.2 Å². The number of rotatable bonds is 3. The Kier molecular flexibility index (Phi) is 3.85. The number of carbonyl (C=O) groups is 2. The van der Waals surface area contributed by atoms with Crippen LogP contribution in [-0.2, 0) is 9.59 Å². The molecule has 1 aromatic heterocycles. The average Bonchev–Trinajstić information content (AvgIpc) is 2.94. The van der Waals surface area contributed by atoms with Crippen LogP contribution in [0.25, 0.3) is 0 Å². The molecule has 0 saturated heterocycles. The van der Waals surface area contributed by atoms with Crippen LogP contribution in [0.5, 0.6) is 0 Å². The number of hydrogen-bond acceptors (Lipinski definition) is 3. The van der Waals surface area contributed by atoms with Crippen LogP contribution in [0.4, 0.5) is 15.9 Å². The van der Waals surface area contributed by atoms with E-state index in [9.17, 15) is 14.0 Å². The number of benzene rings is 1. The van der Waals surface area contributed by atoms with Crippen molar-refractivity contribution in [2.24, 2.45) is 0 Å². The number of halogens is 1. The molecule has 2 heterocycles. The Morgan fingerprint density at radius 1 is 1.43 bits per heavy atom. The van der Waals surface area contributed by atoms with Gasteiger partial charge < -0.3 is 10.6 Å². The lowest BCUT2D eigenvalue weighted by Gasteiger charge is -2.25. The van der Waals surface area contributed by atoms with Gasteiger partial charge in [0.15, 0.2) is 0 Å². The smallest absolute Gasteiger partial charge is 0.233 e. The van der Waals surface area contributed by atoms with E-state index in [4.69, 9.17) is 0 Å². The summed E-state index contributed by atoms with van der Waals surface area (Å²) in [4.78, 5) is 24.4. The highest BCUT2D eigenvalue weighted by Crippen LogP contribution is 2.33. The van der Waals surface area contributed by atoms with Gasteiger partial charge in [0.1, 0.15) is 11.6 Å². The lowest BCUT2D eigenvalue weighted by Crippen LogP contribution is -2.31. The Morgan fingerprint density at radius 2 is 2.22 bits per heavy atom. The highest BCUT2D eigenvalue weighted by Gasteiger charge is 2.31. The van der Waals surface area contributed by atoms with E-state index in [1.807, 2.05) is 13.8 Å². The maximum atomic E-state index is 13.3. The molecule has 1 unspecified atom stereocenters. The summed E-state index contributed by atoms with van der Waals surface area (Å²) in [5.41, 5.74) is 0.956. The highest BCUT2D eigenvalue weighted by atomic mass is 19.1. The van der Waals surface area contributed by atoms with Crippen molar-refractivity contribution in [1.29, 1.82) is 0 Å². The van der Waals surface area contributed by atoms with E-state index >= 15 is 0 Å². The lowest BCUT2D eigenvalue weighted by atomic mass is 9.89. The number of aromatic nitrogens is 2. The first-order chi connectivity index (χ1) is 11.0. The van der Waals surface area contributed by atoms with Crippen LogP contribution in [0.15, 0.2) is 30.5 Å². The third-order valence-corrected chi connectivity index (χ3v) is 3.78. The number of nitrogens with one attached hydrogen (secondary N) is 2. The lowest BCUT2D eigenvalue weighted by molar-refractivity contribution is -0.123. The molecule has 3 rings (SSSR count).